The summed E-state index contributed by atoms with van der Waals surface area (Å²) in [6, 6.07) is 2.31. The summed E-state index contributed by atoms with van der Waals surface area (Å²) in [6.07, 6.45) is 3.28. The molecule has 6 heteroatoms. The van der Waals surface area contributed by atoms with Crippen LogP contribution in [0.25, 0.3) is 5.69 Å². The van der Waals surface area contributed by atoms with E-state index in [0.29, 0.717) is 11.6 Å². The molecule has 3 rings (SSSR count). The molecule has 0 bridgehead atoms. The van der Waals surface area contributed by atoms with Crippen LogP contribution in [0.15, 0.2) is 29.1 Å². The summed E-state index contributed by atoms with van der Waals surface area (Å²) in [4.78, 5) is 4.05. The lowest BCUT2D eigenvalue weighted by molar-refractivity contribution is 0.434. The van der Waals surface area contributed by atoms with E-state index in [9.17, 15) is 8.78 Å². The molecule has 94 valence electrons. The topological polar surface area (TPSA) is 29.9 Å². The van der Waals surface area contributed by atoms with Crippen LogP contribution in [0.5, 0.6) is 0 Å². The van der Waals surface area contributed by atoms with Crippen molar-refractivity contribution in [2.75, 3.05) is 13.1 Å². The molecule has 0 atom stereocenters. The fourth-order valence-electron chi connectivity index (χ4n) is 2.00. The molecule has 0 aliphatic carbocycles. The zero-order chi connectivity index (χ0) is 12.7. The summed E-state index contributed by atoms with van der Waals surface area (Å²) in [7, 11) is 0. The predicted octanol–water partition coefficient (Wildman–Crippen LogP) is 2.60. The quantitative estimate of drug-likeness (QED) is 0.864. The van der Waals surface area contributed by atoms with Crippen LogP contribution >= 0.6 is 15.9 Å². The maximum atomic E-state index is 13.8. The van der Waals surface area contributed by atoms with Crippen LogP contribution in [0.1, 0.15) is 11.6 Å². The van der Waals surface area contributed by atoms with E-state index >= 15 is 0 Å². The number of imidazole rings is 1. The third kappa shape index (κ3) is 1.85. The van der Waals surface area contributed by atoms with E-state index in [2.05, 4.69) is 26.2 Å². The Hall–Kier alpha value is -1.27. The van der Waals surface area contributed by atoms with E-state index < -0.39 is 11.6 Å². The van der Waals surface area contributed by atoms with Crippen LogP contribution < -0.4 is 5.32 Å². The molecule has 0 radical (unpaired) electrons. The van der Waals surface area contributed by atoms with Crippen molar-refractivity contribution >= 4 is 15.9 Å². The van der Waals surface area contributed by atoms with Gasteiger partial charge in [-0.2, -0.15) is 0 Å². The standard InChI is InChI=1S/C12H10BrF2N3/c13-8-1-11(10(15)2-9(8)14)18-6-17-5-12(18)7-3-16-4-7/h1-2,5-7,16H,3-4H2. The van der Waals surface area contributed by atoms with Gasteiger partial charge in [-0.1, -0.05) is 0 Å². The molecule has 0 spiro atoms. The van der Waals surface area contributed by atoms with Crippen LogP contribution in [-0.4, -0.2) is 22.6 Å². The normalized spacial score (nSPS) is 15.7. The van der Waals surface area contributed by atoms with Crippen LogP contribution in [0, 0.1) is 11.6 Å². The molecule has 2 aromatic rings. The third-order valence-electron chi connectivity index (χ3n) is 3.12. The van der Waals surface area contributed by atoms with Gasteiger partial charge >= 0.3 is 0 Å². The second-order valence-corrected chi connectivity index (χ2v) is 5.12. The molecule has 0 saturated carbocycles. The van der Waals surface area contributed by atoms with Gasteiger partial charge in [-0.25, -0.2) is 13.8 Å². The SMILES string of the molecule is Fc1cc(F)c(-n2cncc2C2CNC2)cc1Br. The van der Waals surface area contributed by atoms with Gasteiger partial charge in [0.1, 0.15) is 11.6 Å². The highest BCUT2D eigenvalue weighted by molar-refractivity contribution is 9.10. The molecule has 1 aromatic carbocycles. The fraction of sp³-hybridized carbons (Fsp3) is 0.250. The summed E-state index contributed by atoms with van der Waals surface area (Å²) >= 11 is 3.07. The molecule has 1 aliphatic rings. The number of nitrogens with zero attached hydrogens (tertiary/aromatic N) is 2. The molecular formula is C12H10BrF2N3. The molecule has 2 heterocycles. The van der Waals surface area contributed by atoms with Crippen molar-refractivity contribution in [1.29, 1.82) is 0 Å². The maximum absolute atomic E-state index is 13.8. The van der Waals surface area contributed by atoms with Crippen molar-refractivity contribution in [3.8, 4) is 5.69 Å². The van der Waals surface area contributed by atoms with Gasteiger partial charge in [-0.3, -0.25) is 4.57 Å². The minimum atomic E-state index is -0.608. The lowest BCUT2D eigenvalue weighted by atomic mass is 10.00. The van der Waals surface area contributed by atoms with Crippen LogP contribution in [0.4, 0.5) is 8.78 Å². The highest BCUT2D eigenvalue weighted by atomic mass is 79.9. The van der Waals surface area contributed by atoms with Crippen molar-refractivity contribution in [3.05, 3.63) is 46.5 Å². The smallest absolute Gasteiger partial charge is 0.150 e. The van der Waals surface area contributed by atoms with Crippen LogP contribution in [0.2, 0.25) is 0 Å². The van der Waals surface area contributed by atoms with Gasteiger partial charge in [-0.15, -0.1) is 0 Å². The number of nitrogens with one attached hydrogen (secondary N) is 1. The first-order valence-corrected chi connectivity index (χ1v) is 6.34. The number of halogens is 3. The zero-order valence-electron chi connectivity index (χ0n) is 9.33. The number of benzene rings is 1. The van der Waals surface area contributed by atoms with E-state index in [0.717, 1.165) is 24.8 Å². The largest absolute Gasteiger partial charge is 0.315 e. The highest BCUT2D eigenvalue weighted by Gasteiger charge is 2.24. The van der Waals surface area contributed by atoms with Crippen molar-refractivity contribution in [2.45, 2.75) is 5.92 Å². The molecule has 0 unspecified atom stereocenters. The average Bonchev–Trinajstić information content (AvgIpc) is 2.70. The van der Waals surface area contributed by atoms with E-state index in [1.807, 2.05) is 0 Å². The van der Waals surface area contributed by atoms with Crippen molar-refractivity contribution < 1.29 is 8.78 Å². The molecule has 1 N–H and O–H groups in total. The lowest BCUT2D eigenvalue weighted by Crippen LogP contribution is -2.40. The predicted molar refractivity (Wildman–Crippen MR) is 66.8 cm³/mol. The minimum absolute atomic E-state index is 0.241. The van der Waals surface area contributed by atoms with Gasteiger partial charge in [-0.05, 0) is 22.0 Å². The Labute approximate surface area is 111 Å². The van der Waals surface area contributed by atoms with Crippen molar-refractivity contribution in [1.82, 2.24) is 14.9 Å². The Morgan fingerprint density at radius 2 is 2.06 bits per heavy atom. The molecule has 1 aliphatic heterocycles. The van der Waals surface area contributed by atoms with Crippen LogP contribution in [0.3, 0.4) is 0 Å². The lowest BCUT2D eigenvalue weighted by Gasteiger charge is -2.27. The van der Waals surface area contributed by atoms with E-state index in [1.165, 1.54) is 6.07 Å². The molecule has 18 heavy (non-hydrogen) atoms. The Kier molecular flexibility index (Phi) is 2.91. The summed E-state index contributed by atoms with van der Waals surface area (Å²) in [6.45, 7) is 1.71. The third-order valence-corrected chi connectivity index (χ3v) is 3.72. The summed E-state index contributed by atoms with van der Waals surface area (Å²) in [5, 5.41) is 3.16. The molecule has 0 amide bonds. The first kappa shape index (κ1) is 11.8. The van der Waals surface area contributed by atoms with Gasteiger partial charge in [0.25, 0.3) is 0 Å². The fourth-order valence-corrected chi connectivity index (χ4v) is 2.33. The van der Waals surface area contributed by atoms with Crippen molar-refractivity contribution in [3.63, 3.8) is 0 Å². The molecule has 1 aromatic heterocycles. The Morgan fingerprint density at radius 1 is 1.28 bits per heavy atom. The van der Waals surface area contributed by atoms with E-state index in [1.54, 1.807) is 17.1 Å². The van der Waals surface area contributed by atoms with E-state index in [4.69, 9.17) is 0 Å². The van der Waals surface area contributed by atoms with Gasteiger partial charge in [0.2, 0.25) is 0 Å². The molecule has 1 saturated heterocycles. The average molecular weight is 314 g/mol. The van der Waals surface area contributed by atoms with Crippen molar-refractivity contribution in [2.24, 2.45) is 0 Å². The summed E-state index contributed by atoms with van der Waals surface area (Å²) < 4.78 is 29.0. The number of hydrogen-bond donors (Lipinski definition) is 1. The molecule has 1 fully saturated rings. The number of rotatable bonds is 2. The first-order valence-electron chi connectivity index (χ1n) is 5.54. The second kappa shape index (κ2) is 4.44. The Bertz CT molecular complexity index is 593. The highest BCUT2D eigenvalue weighted by Crippen LogP contribution is 2.27. The van der Waals surface area contributed by atoms with Gasteiger partial charge in [0.05, 0.1) is 16.5 Å². The van der Waals surface area contributed by atoms with Crippen LogP contribution in [-0.2, 0) is 0 Å². The van der Waals surface area contributed by atoms with Gasteiger partial charge in [0, 0.05) is 37.0 Å². The maximum Gasteiger partial charge on any atom is 0.150 e. The second-order valence-electron chi connectivity index (χ2n) is 4.26. The monoisotopic (exact) mass is 313 g/mol. The summed E-state index contributed by atoms with van der Waals surface area (Å²) in [5.41, 5.74) is 1.24. The Balaban J connectivity index is 2.09. The molecular weight excluding hydrogens is 304 g/mol. The Morgan fingerprint density at radius 3 is 2.72 bits per heavy atom. The minimum Gasteiger partial charge on any atom is -0.315 e. The van der Waals surface area contributed by atoms with Gasteiger partial charge < -0.3 is 5.32 Å². The zero-order valence-corrected chi connectivity index (χ0v) is 10.9. The summed E-state index contributed by atoms with van der Waals surface area (Å²) in [5.74, 6) is -0.874. The number of hydrogen-bond acceptors (Lipinski definition) is 2. The molecule has 3 nitrogen and oxygen atoms in total. The van der Waals surface area contributed by atoms with Gasteiger partial charge in [0.15, 0.2) is 0 Å². The number of aromatic nitrogens is 2. The first-order chi connectivity index (χ1) is 8.66. The van der Waals surface area contributed by atoms with E-state index in [-0.39, 0.29) is 4.47 Å².